The Morgan fingerprint density at radius 1 is 1.06 bits per heavy atom. The molecule has 1 N–H and O–H groups in total. The van der Waals surface area contributed by atoms with E-state index in [9.17, 15) is 22.4 Å². The molecule has 8 nitrogen and oxygen atoms in total. The van der Waals surface area contributed by atoms with Gasteiger partial charge in [0.2, 0.25) is 21.8 Å². The van der Waals surface area contributed by atoms with Gasteiger partial charge in [-0.15, -0.1) is 0 Å². The third kappa shape index (κ3) is 8.51. The van der Waals surface area contributed by atoms with Crippen LogP contribution in [0.3, 0.4) is 0 Å². The highest BCUT2D eigenvalue weighted by atomic mass is 32.2. The number of nitrogens with zero attached hydrogens (tertiary/aromatic N) is 2. The van der Waals surface area contributed by atoms with Gasteiger partial charge in [-0.2, -0.15) is 0 Å². The van der Waals surface area contributed by atoms with Crippen LogP contribution < -0.4 is 14.4 Å². The first-order valence-corrected chi connectivity index (χ1v) is 13.8. The summed E-state index contributed by atoms with van der Waals surface area (Å²) < 4.78 is 44.6. The quantitative estimate of drug-likeness (QED) is 0.434. The Morgan fingerprint density at radius 3 is 2.19 bits per heavy atom. The van der Waals surface area contributed by atoms with Gasteiger partial charge in [-0.3, -0.25) is 13.9 Å². The molecule has 0 aliphatic heterocycles. The maximum Gasteiger partial charge on any atom is 0.242 e. The van der Waals surface area contributed by atoms with Gasteiger partial charge in [0.05, 0.1) is 19.1 Å². The van der Waals surface area contributed by atoms with E-state index in [1.807, 2.05) is 13.8 Å². The van der Waals surface area contributed by atoms with Crippen molar-refractivity contribution >= 4 is 27.5 Å². The standard InChI is InChI=1S/C26H36FN3O5S/c1-6-19(2)28-26(32)20(3)29(18-21-9-11-22(27)12-10-21)25(31)8-7-17-30(36(5,33)34)23-13-15-24(35-4)16-14-23/h9-16,19-20H,6-8,17-18H2,1-5H3,(H,28,32)/t19-,20-/m0/s1. The molecular formula is C26H36FN3O5S. The first-order valence-electron chi connectivity index (χ1n) is 11.9. The molecule has 0 radical (unpaired) electrons. The molecule has 0 unspecified atom stereocenters. The van der Waals surface area contributed by atoms with Crippen LogP contribution >= 0.6 is 0 Å². The smallest absolute Gasteiger partial charge is 0.242 e. The minimum Gasteiger partial charge on any atom is -0.497 e. The van der Waals surface area contributed by atoms with Gasteiger partial charge < -0.3 is 15.0 Å². The van der Waals surface area contributed by atoms with E-state index in [4.69, 9.17) is 4.74 Å². The summed E-state index contributed by atoms with van der Waals surface area (Å²) in [5, 5.41) is 2.89. The van der Waals surface area contributed by atoms with Crippen LogP contribution in [0.2, 0.25) is 0 Å². The summed E-state index contributed by atoms with van der Waals surface area (Å²) in [5.41, 5.74) is 1.15. The van der Waals surface area contributed by atoms with E-state index in [1.165, 1.54) is 28.4 Å². The second kappa shape index (κ2) is 13.2. The third-order valence-corrected chi connectivity index (χ3v) is 7.14. The molecule has 0 saturated heterocycles. The molecule has 0 heterocycles. The van der Waals surface area contributed by atoms with Crippen molar-refractivity contribution in [1.29, 1.82) is 0 Å². The van der Waals surface area contributed by atoms with Crippen molar-refractivity contribution in [2.24, 2.45) is 0 Å². The molecule has 0 aliphatic carbocycles. The summed E-state index contributed by atoms with van der Waals surface area (Å²) in [5.74, 6) is -0.368. The monoisotopic (exact) mass is 521 g/mol. The summed E-state index contributed by atoms with van der Waals surface area (Å²) in [6.07, 6.45) is 2.14. The molecule has 2 amide bonds. The Morgan fingerprint density at radius 2 is 1.67 bits per heavy atom. The topological polar surface area (TPSA) is 96.0 Å². The Balaban J connectivity index is 2.16. The maximum atomic E-state index is 13.4. The zero-order chi connectivity index (χ0) is 26.9. The zero-order valence-electron chi connectivity index (χ0n) is 21.5. The Labute approximate surface area is 213 Å². The number of amides is 2. The van der Waals surface area contributed by atoms with Crippen LogP contribution in [0.4, 0.5) is 10.1 Å². The zero-order valence-corrected chi connectivity index (χ0v) is 22.3. The Hall–Kier alpha value is -3.14. The lowest BCUT2D eigenvalue weighted by atomic mass is 10.1. The predicted octanol–water partition coefficient (Wildman–Crippen LogP) is 3.71. The highest BCUT2D eigenvalue weighted by Gasteiger charge is 2.27. The third-order valence-electron chi connectivity index (χ3n) is 5.95. The summed E-state index contributed by atoms with van der Waals surface area (Å²) in [6.45, 7) is 5.71. The number of hydrogen-bond donors (Lipinski definition) is 1. The number of rotatable bonds is 13. The van der Waals surface area contributed by atoms with Crippen molar-refractivity contribution in [3.8, 4) is 5.75 Å². The fourth-order valence-electron chi connectivity index (χ4n) is 3.59. The average Bonchev–Trinajstić information content (AvgIpc) is 2.85. The van der Waals surface area contributed by atoms with E-state index < -0.39 is 21.9 Å². The number of sulfonamides is 1. The maximum absolute atomic E-state index is 13.4. The van der Waals surface area contributed by atoms with E-state index in [2.05, 4.69) is 5.32 Å². The lowest BCUT2D eigenvalue weighted by Gasteiger charge is -2.30. The van der Waals surface area contributed by atoms with Gasteiger partial charge in [-0.05, 0) is 68.7 Å². The molecule has 2 aromatic rings. The van der Waals surface area contributed by atoms with Gasteiger partial charge in [0.1, 0.15) is 17.6 Å². The number of nitrogens with one attached hydrogen (secondary N) is 1. The molecule has 0 bridgehead atoms. The summed E-state index contributed by atoms with van der Waals surface area (Å²) >= 11 is 0. The van der Waals surface area contributed by atoms with Crippen molar-refractivity contribution in [1.82, 2.24) is 10.2 Å². The van der Waals surface area contributed by atoms with Gasteiger partial charge in [0.15, 0.2) is 0 Å². The molecule has 0 spiro atoms. The average molecular weight is 522 g/mol. The number of anilines is 1. The fraction of sp³-hybridized carbons (Fsp3) is 0.462. The van der Waals surface area contributed by atoms with Crippen molar-refractivity contribution < 1.29 is 27.1 Å². The fourth-order valence-corrected chi connectivity index (χ4v) is 4.55. The van der Waals surface area contributed by atoms with Crippen molar-refractivity contribution in [2.45, 2.75) is 58.7 Å². The summed E-state index contributed by atoms with van der Waals surface area (Å²) in [4.78, 5) is 27.5. The molecular weight excluding hydrogens is 485 g/mol. The van der Waals surface area contributed by atoms with Gasteiger partial charge in [-0.1, -0.05) is 19.1 Å². The minimum atomic E-state index is -3.59. The highest BCUT2D eigenvalue weighted by molar-refractivity contribution is 7.92. The van der Waals surface area contributed by atoms with E-state index in [1.54, 1.807) is 43.3 Å². The molecule has 0 aromatic heterocycles. The van der Waals surface area contributed by atoms with Crippen molar-refractivity contribution in [3.63, 3.8) is 0 Å². The molecule has 0 saturated carbocycles. The Bertz CT molecular complexity index is 1110. The minimum absolute atomic E-state index is 0.0321. The number of carbonyl (C=O) groups excluding carboxylic acids is 2. The summed E-state index contributed by atoms with van der Waals surface area (Å²) in [6, 6.07) is 11.6. The van der Waals surface area contributed by atoms with Crippen LogP contribution in [0.1, 0.15) is 45.6 Å². The molecule has 0 fully saturated rings. The second-order valence-corrected chi connectivity index (χ2v) is 10.7. The van der Waals surface area contributed by atoms with E-state index in [-0.39, 0.29) is 43.8 Å². The highest BCUT2D eigenvalue weighted by Crippen LogP contribution is 2.22. The number of carbonyl (C=O) groups is 2. The number of methoxy groups -OCH3 is 1. The normalized spacial score (nSPS) is 12.9. The molecule has 198 valence electrons. The predicted molar refractivity (Wildman–Crippen MR) is 139 cm³/mol. The van der Waals surface area contributed by atoms with E-state index in [0.717, 1.165) is 12.7 Å². The van der Waals surface area contributed by atoms with Crippen LogP contribution in [-0.2, 0) is 26.2 Å². The van der Waals surface area contributed by atoms with Crippen molar-refractivity contribution in [3.05, 3.63) is 59.9 Å². The van der Waals surface area contributed by atoms with Gasteiger partial charge in [0.25, 0.3) is 0 Å². The molecule has 0 aliphatic rings. The lowest BCUT2D eigenvalue weighted by molar-refractivity contribution is -0.140. The van der Waals surface area contributed by atoms with Crippen LogP contribution in [0, 0.1) is 5.82 Å². The molecule has 2 aromatic carbocycles. The number of halogens is 1. The number of hydrogen-bond acceptors (Lipinski definition) is 5. The molecule has 2 rings (SSSR count). The number of benzene rings is 2. The van der Waals surface area contributed by atoms with Gasteiger partial charge >= 0.3 is 0 Å². The summed E-state index contributed by atoms with van der Waals surface area (Å²) in [7, 11) is -2.06. The molecule has 36 heavy (non-hydrogen) atoms. The van der Waals surface area contributed by atoms with Crippen LogP contribution in [0.15, 0.2) is 48.5 Å². The largest absolute Gasteiger partial charge is 0.497 e. The SMILES string of the molecule is CC[C@H](C)NC(=O)[C@H](C)N(Cc1ccc(F)cc1)C(=O)CCCN(c1ccc(OC)cc1)S(C)(=O)=O. The second-order valence-electron chi connectivity index (χ2n) is 8.78. The molecule has 10 heteroatoms. The lowest BCUT2D eigenvalue weighted by Crippen LogP contribution is -2.49. The van der Waals surface area contributed by atoms with Gasteiger partial charge in [0, 0.05) is 25.6 Å². The van der Waals surface area contributed by atoms with E-state index >= 15 is 0 Å². The van der Waals surface area contributed by atoms with Gasteiger partial charge in [-0.25, -0.2) is 12.8 Å². The van der Waals surface area contributed by atoms with Crippen LogP contribution in [0.5, 0.6) is 5.75 Å². The first kappa shape index (κ1) is 29.1. The molecule has 2 atom stereocenters. The number of ether oxygens (including phenoxy) is 1. The van der Waals surface area contributed by atoms with Crippen molar-refractivity contribution in [2.75, 3.05) is 24.2 Å². The Kier molecular flexibility index (Phi) is 10.7. The van der Waals surface area contributed by atoms with Crippen LogP contribution in [-0.4, -0.2) is 57.1 Å². The van der Waals surface area contributed by atoms with E-state index in [0.29, 0.717) is 17.0 Å². The van der Waals surface area contributed by atoms with Crippen LogP contribution in [0.25, 0.3) is 0 Å². The first-order chi connectivity index (χ1) is 17.0.